The summed E-state index contributed by atoms with van der Waals surface area (Å²) in [4.78, 5) is 22.2. The lowest BCUT2D eigenvalue weighted by Gasteiger charge is -1.94. The van der Waals surface area contributed by atoms with Crippen LogP contribution in [-0.4, -0.2) is 22.7 Å². The Hall–Kier alpha value is -1.89. The Morgan fingerprint density at radius 1 is 1.79 bits per heavy atom. The minimum Gasteiger partial charge on any atom is -0.388 e. The summed E-state index contributed by atoms with van der Waals surface area (Å²) < 4.78 is 4.28. The molecule has 0 spiro atoms. The minimum atomic E-state index is -0.631. The molecule has 0 unspecified atom stereocenters. The summed E-state index contributed by atoms with van der Waals surface area (Å²) in [6.45, 7) is 3.15. The Balaban J connectivity index is 2.92. The highest BCUT2D eigenvalue weighted by molar-refractivity contribution is 5.91. The number of aromatic amines is 1. The van der Waals surface area contributed by atoms with Crippen LogP contribution in [0.15, 0.2) is 17.3 Å². The van der Waals surface area contributed by atoms with E-state index in [0.29, 0.717) is 0 Å². The minimum absolute atomic E-state index is 0.00394. The smallest absolute Gasteiger partial charge is 0.334 e. The first-order chi connectivity index (χ1) is 6.70. The fraction of sp³-hybridized carbons (Fsp3) is 0.286. The number of rotatable bonds is 4. The molecule has 0 saturated carbocycles. The van der Waals surface area contributed by atoms with Gasteiger partial charge in [-0.15, -0.1) is 6.58 Å². The number of carbonyl (C=O) groups excluding carboxylic acids is 1. The second kappa shape index (κ2) is 4.38. The first-order valence-corrected chi connectivity index (χ1v) is 3.84. The number of hydrogen-bond acceptors (Lipinski definition) is 4. The van der Waals surface area contributed by atoms with Crippen molar-refractivity contribution < 1.29 is 19.1 Å². The van der Waals surface area contributed by atoms with E-state index in [4.69, 9.17) is 5.11 Å². The van der Waals surface area contributed by atoms with Crippen molar-refractivity contribution in [2.24, 2.45) is 0 Å². The van der Waals surface area contributed by atoms with Crippen molar-refractivity contribution in [3.8, 4) is 0 Å². The predicted octanol–water partition coefficient (Wildman–Crippen LogP) is -1.07. The Labute approximate surface area is 78.6 Å². The van der Waals surface area contributed by atoms with Gasteiger partial charge in [0.2, 0.25) is 5.69 Å². The van der Waals surface area contributed by atoms with E-state index in [9.17, 15) is 9.70 Å². The van der Waals surface area contributed by atoms with Gasteiger partial charge in [-0.3, -0.25) is 4.79 Å². The fourth-order valence-corrected chi connectivity index (χ4v) is 0.876. The summed E-state index contributed by atoms with van der Waals surface area (Å²) in [7, 11) is 0. The summed E-state index contributed by atoms with van der Waals surface area (Å²) in [5, 5.41) is 13.3. The standard InChI is InChI=1S/C7H9N3O4/c1-2-3-8-7(12)6-5(4-11)9-14-10(6)13/h2,11H,1,3-4H2,(H-,8,9,12,13)/p+1. The quantitative estimate of drug-likeness (QED) is 0.538. The molecule has 1 heterocycles. The van der Waals surface area contributed by atoms with Gasteiger partial charge in [0, 0.05) is 6.54 Å². The molecule has 0 saturated heterocycles. The number of nitrogens with one attached hydrogen (secondary N) is 2. The van der Waals surface area contributed by atoms with Gasteiger partial charge in [0.25, 0.3) is 0 Å². The molecule has 0 bridgehead atoms. The molecule has 1 aromatic heterocycles. The van der Waals surface area contributed by atoms with Crippen LogP contribution in [0.2, 0.25) is 0 Å². The van der Waals surface area contributed by atoms with E-state index in [1.807, 2.05) is 0 Å². The highest BCUT2D eigenvalue weighted by atomic mass is 16.7. The van der Waals surface area contributed by atoms with E-state index in [-0.39, 0.29) is 22.5 Å². The zero-order valence-corrected chi connectivity index (χ0v) is 7.32. The van der Waals surface area contributed by atoms with E-state index in [2.05, 4.69) is 21.7 Å². The maximum absolute atomic E-state index is 11.3. The van der Waals surface area contributed by atoms with E-state index >= 15 is 0 Å². The third kappa shape index (κ3) is 1.88. The monoisotopic (exact) mass is 200 g/mol. The van der Waals surface area contributed by atoms with Crippen molar-refractivity contribution in [3.63, 3.8) is 0 Å². The first kappa shape index (κ1) is 10.2. The Morgan fingerprint density at radius 2 is 2.50 bits per heavy atom. The molecule has 7 nitrogen and oxygen atoms in total. The summed E-state index contributed by atoms with van der Waals surface area (Å²) in [6.07, 6.45) is 1.47. The third-order valence-electron chi connectivity index (χ3n) is 1.50. The van der Waals surface area contributed by atoms with Crippen LogP contribution in [0.3, 0.4) is 0 Å². The van der Waals surface area contributed by atoms with Crippen LogP contribution in [0.1, 0.15) is 16.2 Å². The Morgan fingerprint density at radius 3 is 3.07 bits per heavy atom. The van der Waals surface area contributed by atoms with Crippen molar-refractivity contribution in [2.45, 2.75) is 6.61 Å². The number of amides is 1. The first-order valence-electron chi connectivity index (χ1n) is 3.84. The van der Waals surface area contributed by atoms with E-state index < -0.39 is 12.5 Å². The second-order valence-electron chi connectivity index (χ2n) is 2.43. The molecule has 0 fully saturated rings. The van der Waals surface area contributed by atoms with Gasteiger partial charge in [0.15, 0.2) is 4.60 Å². The SMILES string of the molecule is C=CCNC(=O)c1c(CO)[nH]o[n+]1=O. The summed E-state index contributed by atoms with van der Waals surface area (Å²) in [6, 6.07) is 0. The maximum Gasteiger partial charge on any atom is 0.334 e. The molecule has 0 radical (unpaired) electrons. The maximum atomic E-state index is 11.3. The molecule has 1 aromatic rings. The second-order valence-corrected chi connectivity index (χ2v) is 2.43. The third-order valence-corrected chi connectivity index (χ3v) is 1.50. The van der Waals surface area contributed by atoms with Crippen LogP contribution >= 0.6 is 0 Å². The lowest BCUT2D eigenvalue weighted by Crippen LogP contribution is -2.32. The number of aromatic nitrogens is 2. The number of aliphatic hydroxyl groups is 1. The van der Waals surface area contributed by atoms with Gasteiger partial charge in [-0.2, -0.15) is 0 Å². The van der Waals surface area contributed by atoms with Crippen LogP contribution in [0.5, 0.6) is 0 Å². The van der Waals surface area contributed by atoms with Crippen molar-refractivity contribution in [1.82, 2.24) is 10.5 Å². The number of aliphatic hydroxyl groups excluding tert-OH is 1. The van der Waals surface area contributed by atoms with Crippen molar-refractivity contribution >= 4 is 5.91 Å². The van der Waals surface area contributed by atoms with Gasteiger partial charge >= 0.3 is 11.6 Å². The number of nitrogens with zero attached hydrogens (tertiary/aromatic N) is 1. The topological polar surface area (TPSA) is 101 Å². The normalized spacial score (nSPS) is 9.79. The van der Waals surface area contributed by atoms with Gasteiger partial charge in [-0.25, -0.2) is 0 Å². The number of hydrogen-bond donors (Lipinski definition) is 3. The molecule has 0 aliphatic carbocycles. The van der Waals surface area contributed by atoms with Gasteiger partial charge < -0.3 is 10.4 Å². The molecule has 7 heteroatoms. The van der Waals surface area contributed by atoms with Gasteiger partial charge in [-0.1, -0.05) is 15.9 Å². The van der Waals surface area contributed by atoms with Crippen LogP contribution in [-0.2, 0) is 6.61 Å². The van der Waals surface area contributed by atoms with Crippen molar-refractivity contribution in [1.29, 1.82) is 0 Å². The van der Waals surface area contributed by atoms with Crippen molar-refractivity contribution in [3.05, 3.63) is 28.9 Å². The zero-order chi connectivity index (χ0) is 10.6. The molecule has 0 atom stereocenters. The number of carbonyl (C=O) groups is 1. The summed E-state index contributed by atoms with van der Waals surface area (Å²) >= 11 is 0. The lowest BCUT2D eigenvalue weighted by molar-refractivity contribution is -0.714. The zero-order valence-electron chi connectivity index (χ0n) is 7.32. The molecule has 3 N–H and O–H groups in total. The molecule has 0 aliphatic rings. The van der Waals surface area contributed by atoms with Crippen LogP contribution in [0.4, 0.5) is 0 Å². The average molecular weight is 200 g/mol. The lowest BCUT2D eigenvalue weighted by atomic mass is 10.3. The molecule has 76 valence electrons. The molecular formula is C7H10N3O4+. The van der Waals surface area contributed by atoms with Gasteiger partial charge in [0.1, 0.15) is 6.61 Å². The largest absolute Gasteiger partial charge is 0.388 e. The van der Waals surface area contributed by atoms with Crippen LogP contribution in [0, 0.1) is 4.91 Å². The molecule has 0 aromatic carbocycles. The van der Waals surface area contributed by atoms with Crippen LogP contribution in [0.25, 0.3) is 0 Å². The summed E-state index contributed by atoms with van der Waals surface area (Å²) in [5.74, 6) is -0.631. The molecule has 0 aliphatic heterocycles. The highest BCUT2D eigenvalue weighted by Crippen LogP contribution is 1.98. The summed E-state index contributed by atoms with van der Waals surface area (Å²) in [5.41, 5.74) is -0.254. The van der Waals surface area contributed by atoms with Crippen LogP contribution < -0.4 is 9.92 Å². The van der Waals surface area contributed by atoms with E-state index in [1.54, 1.807) is 0 Å². The average Bonchev–Trinajstić information content (AvgIpc) is 2.56. The van der Waals surface area contributed by atoms with E-state index in [0.717, 1.165) is 0 Å². The number of H-pyrrole nitrogens is 1. The molecule has 1 rings (SSSR count). The molecule has 14 heavy (non-hydrogen) atoms. The predicted molar refractivity (Wildman–Crippen MR) is 44.9 cm³/mol. The van der Waals surface area contributed by atoms with Crippen molar-refractivity contribution in [2.75, 3.05) is 6.54 Å². The van der Waals surface area contributed by atoms with Gasteiger partial charge in [0.05, 0.1) is 0 Å². The fourth-order valence-electron chi connectivity index (χ4n) is 0.876. The van der Waals surface area contributed by atoms with Gasteiger partial charge in [-0.05, 0) is 4.91 Å². The van der Waals surface area contributed by atoms with E-state index in [1.165, 1.54) is 6.08 Å². The molecular weight excluding hydrogens is 190 g/mol. The molecule has 1 amide bonds. The highest BCUT2D eigenvalue weighted by Gasteiger charge is 2.26. The Bertz CT molecular complexity index is 392. The Kier molecular flexibility index (Phi) is 3.19.